The molecular weight excluding hydrogens is 260 g/mol. The Labute approximate surface area is 118 Å². The first kappa shape index (κ1) is 12.9. The van der Waals surface area contributed by atoms with Gasteiger partial charge in [0.15, 0.2) is 5.15 Å². The smallest absolute Gasteiger partial charge is 0.151 e. The minimum absolute atomic E-state index is 0.0462. The fraction of sp³-hybridized carbons (Fsp3) is 0.533. The van der Waals surface area contributed by atoms with Gasteiger partial charge in [0.2, 0.25) is 0 Å². The van der Waals surface area contributed by atoms with Crippen molar-refractivity contribution in [3.63, 3.8) is 0 Å². The zero-order chi connectivity index (χ0) is 13.6. The van der Waals surface area contributed by atoms with Crippen molar-refractivity contribution in [3.8, 4) is 0 Å². The predicted octanol–water partition coefficient (Wildman–Crippen LogP) is 3.64. The molecule has 2 atom stereocenters. The second-order valence-electron chi connectivity index (χ2n) is 5.46. The van der Waals surface area contributed by atoms with E-state index in [4.69, 9.17) is 11.6 Å². The van der Waals surface area contributed by atoms with E-state index in [0.29, 0.717) is 11.1 Å². The van der Waals surface area contributed by atoms with Gasteiger partial charge in [0.1, 0.15) is 5.65 Å². The zero-order valence-corrected chi connectivity index (χ0v) is 12.1. The van der Waals surface area contributed by atoms with E-state index in [1.807, 2.05) is 24.4 Å². The third kappa shape index (κ3) is 1.65. The van der Waals surface area contributed by atoms with Crippen molar-refractivity contribution in [1.82, 2.24) is 9.38 Å². The minimum atomic E-state index is -0.224. The molecule has 1 aliphatic rings. The molecule has 2 aromatic heterocycles. The molecular formula is C15H19ClN2O. The molecule has 2 unspecified atom stereocenters. The van der Waals surface area contributed by atoms with Gasteiger partial charge < -0.3 is 9.51 Å². The van der Waals surface area contributed by atoms with Crippen molar-refractivity contribution in [2.45, 2.75) is 45.1 Å². The van der Waals surface area contributed by atoms with Crippen LogP contribution in [0.5, 0.6) is 0 Å². The highest BCUT2D eigenvalue weighted by Crippen LogP contribution is 2.58. The van der Waals surface area contributed by atoms with E-state index < -0.39 is 0 Å². The maximum absolute atomic E-state index is 10.2. The van der Waals surface area contributed by atoms with Gasteiger partial charge in [-0.15, -0.1) is 0 Å². The normalized spacial score (nSPS) is 25.5. The molecule has 0 bridgehead atoms. The summed E-state index contributed by atoms with van der Waals surface area (Å²) >= 11 is 6.35. The van der Waals surface area contributed by atoms with E-state index in [1.54, 1.807) is 0 Å². The summed E-state index contributed by atoms with van der Waals surface area (Å²) in [7, 11) is 0. The average Bonchev–Trinajstić information content (AvgIpc) is 2.73. The van der Waals surface area contributed by atoms with Gasteiger partial charge in [0.25, 0.3) is 0 Å². The summed E-state index contributed by atoms with van der Waals surface area (Å²) in [5.41, 5.74) is 1.89. The lowest BCUT2D eigenvalue weighted by Gasteiger charge is -2.53. The summed E-state index contributed by atoms with van der Waals surface area (Å²) in [6.45, 7) is 4.30. The third-order valence-corrected chi connectivity index (χ3v) is 5.26. The first-order valence-electron chi connectivity index (χ1n) is 6.94. The minimum Gasteiger partial charge on any atom is -0.393 e. The lowest BCUT2D eigenvalue weighted by molar-refractivity contribution is -0.0946. The number of nitrogens with zero attached hydrogens (tertiary/aromatic N) is 2. The fourth-order valence-corrected chi connectivity index (χ4v) is 3.97. The van der Waals surface area contributed by atoms with Gasteiger partial charge in [-0.2, -0.15) is 0 Å². The molecule has 0 radical (unpaired) electrons. The van der Waals surface area contributed by atoms with Crippen molar-refractivity contribution < 1.29 is 5.11 Å². The van der Waals surface area contributed by atoms with Crippen LogP contribution in [-0.4, -0.2) is 20.6 Å². The van der Waals surface area contributed by atoms with E-state index >= 15 is 0 Å². The van der Waals surface area contributed by atoms with Crippen LogP contribution >= 0.6 is 11.6 Å². The van der Waals surface area contributed by atoms with Crippen LogP contribution in [0.3, 0.4) is 0 Å². The molecule has 19 heavy (non-hydrogen) atoms. The number of halogens is 1. The Hall–Kier alpha value is -1.06. The molecule has 0 spiro atoms. The highest BCUT2D eigenvalue weighted by atomic mass is 35.5. The second-order valence-corrected chi connectivity index (χ2v) is 5.82. The second kappa shape index (κ2) is 4.50. The quantitative estimate of drug-likeness (QED) is 0.931. The highest BCUT2D eigenvalue weighted by molar-refractivity contribution is 6.30. The molecule has 102 valence electrons. The number of fused-ring (bicyclic) bond motifs is 1. The van der Waals surface area contributed by atoms with Crippen LogP contribution in [0.15, 0.2) is 24.4 Å². The topological polar surface area (TPSA) is 37.5 Å². The van der Waals surface area contributed by atoms with Gasteiger partial charge in [-0.3, -0.25) is 0 Å². The Morgan fingerprint density at radius 1 is 1.42 bits per heavy atom. The van der Waals surface area contributed by atoms with Crippen molar-refractivity contribution in [3.05, 3.63) is 35.2 Å². The number of aromatic nitrogens is 2. The molecule has 1 saturated carbocycles. The summed E-state index contributed by atoms with van der Waals surface area (Å²) < 4.78 is 2.07. The number of hydrogen-bond donors (Lipinski definition) is 1. The average molecular weight is 279 g/mol. The Kier molecular flexibility index (Phi) is 3.06. The number of imidazole rings is 1. The molecule has 0 aliphatic heterocycles. The van der Waals surface area contributed by atoms with Crippen molar-refractivity contribution >= 4 is 17.2 Å². The van der Waals surface area contributed by atoms with Gasteiger partial charge in [0, 0.05) is 17.5 Å². The maximum Gasteiger partial charge on any atom is 0.151 e. The van der Waals surface area contributed by atoms with Crippen molar-refractivity contribution in [2.24, 2.45) is 5.41 Å². The first-order valence-corrected chi connectivity index (χ1v) is 7.32. The first-order chi connectivity index (χ1) is 9.14. The SMILES string of the molecule is CCC1(CC)C(O)CC1c1c(Cl)nc2ccccn12. The maximum atomic E-state index is 10.2. The van der Waals surface area contributed by atoms with Crippen LogP contribution < -0.4 is 0 Å². The molecule has 0 saturated heterocycles. The van der Waals surface area contributed by atoms with Gasteiger partial charge in [0.05, 0.1) is 11.8 Å². The molecule has 0 aromatic carbocycles. The third-order valence-electron chi connectivity index (χ3n) is 4.99. The van der Waals surface area contributed by atoms with Gasteiger partial charge in [-0.05, 0) is 31.4 Å². The molecule has 1 fully saturated rings. The van der Waals surface area contributed by atoms with Crippen LogP contribution in [0.4, 0.5) is 0 Å². The van der Waals surface area contributed by atoms with Gasteiger partial charge in [-0.1, -0.05) is 31.5 Å². The van der Waals surface area contributed by atoms with Crippen LogP contribution in [0.1, 0.15) is 44.7 Å². The number of rotatable bonds is 3. The van der Waals surface area contributed by atoms with E-state index in [0.717, 1.165) is 30.6 Å². The molecule has 3 nitrogen and oxygen atoms in total. The van der Waals surface area contributed by atoms with Gasteiger partial charge in [-0.25, -0.2) is 4.98 Å². The molecule has 0 amide bonds. The van der Waals surface area contributed by atoms with Crippen LogP contribution in [0.2, 0.25) is 5.15 Å². The highest BCUT2D eigenvalue weighted by Gasteiger charge is 2.54. The number of pyridine rings is 1. The van der Waals surface area contributed by atoms with E-state index in [9.17, 15) is 5.11 Å². The zero-order valence-electron chi connectivity index (χ0n) is 11.3. The Morgan fingerprint density at radius 3 is 2.79 bits per heavy atom. The standard InChI is InChI=1S/C15H19ClN2O/c1-3-15(4-2)10(9-11(15)19)13-14(16)17-12-7-5-6-8-18(12)13/h5-8,10-11,19H,3-4,9H2,1-2H3. The monoisotopic (exact) mass is 278 g/mol. The molecule has 1 aliphatic carbocycles. The summed E-state index contributed by atoms with van der Waals surface area (Å²) in [6, 6.07) is 5.91. The molecule has 1 N–H and O–H groups in total. The molecule has 2 heterocycles. The summed E-state index contributed by atoms with van der Waals surface area (Å²) in [6.07, 6.45) is 4.49. The van der Waals surface area contributed by atoms with Crippen LogP contribution in [0.25, 0.3) is 5.65 Å². The lowest BCUT2D eigenvalue weighted by atomic mass is 9.54. The summed E-state index contributed by atoms with van der Waals surface area (Å²) in [5, 5.41) is 10.8. The molecule has 2 aromatic rings. The van der Waals surface area contributed by atoms with Crippen molar-refractivity contribution in [2.75, 3.05) is 0 Å². The fourth-order valence-electron chi connectivity index (χ4n) is 3.66. The van der Waals surface area contributed by atoms with Gasteiger partial charge >= 0.3 is 0 Å². The largest absolute Gasteiger partial charge is 0.393 e. The molecule has 3 rings (SSSR count). The van der Waals surface area contributed by atoms with Crippen molar-refractivity contribution in [1.29, 1.82) is 0 Å². The predicted molar refractivity (Wildman–Crippen MR) is 76.6 cm³/mol. The van der Waals surface area contributed by atoms with E-state index in [2.05, 4.69) is 23.2 Å². The molecule has 4 heteroatoms. The Balaban J connectivity index is 2.13. The van der Waals surface area contributed by atoms with E-state index in [1.165, 1.54) is 0 Å². The summed E-state index contributed by atoms with van der Waals surface area (Å²) in [4.78, 5) is 4.42. The van der Waals surface area contributed by atoms with Crippen LogP contribution in [0, 0.1) is 5.41 Å². The Bertz CT molecular complexity index is 603. The number of hydrogen-bond acceptors (Lipinski definition) is 2. The Morgan fingerprint density at radius 2 is 2.16 bits per heavy atom. The number of aliphatic hydroxyl groups is 1. The number of aliphatic hydroxyl groups excluding tert-OH is 1. The van der Waals surface area contributed by atoms with Crippen LogP contribution in [-0.2, 0) is 0 Å². The van der Waals surface area contributed by atoms with E-state index in [-0.39, 0.29) is 11.5 Å². The lowest BCUT2D eigenvalue weighted by Crippen LogP contribution is -2.51. The summed E-state index contributed by atoms with van der Waals surface area (Å²) in [5.74, 6) is 0.294.